The average molecular weight is 404 g/mol. The van der Waals surface area contributed by atoms with Crippen LogP contribution in [0.3, 0.4) is 0 Å². The van der Waals surface area contributed by atoms with Crippen molar-refractivity contribution in [3.63, 3.8) is 0 Å². The number of benzene rings is 1. The molecule has 0 bridgehead atoms. The summed E-state index contributed by atoms with van der Waals surface area (Å²) < 4.78 is 0. The number of aromatic nitrogens is 3. The maximum Gasteiger partial charge on any atom is 0.254 e. The second-order valence-electron chi connectivity index (χ2n) is 7.81. The summed E-state index contributed by atoms with van der Waals surface area (Å²) in [5.41, 5.74) is 2.26. The highest BCUT2D eigenvalue weighted by Crippen LogP contribution is 2.30. The number of hydrogen-bond acceptors (Lipinski definition) is 6. The van der Waals surface area contributed by atoms with Crippen molar-refractivity contribution in [1.82, 2.24) is 19.9 Å². The zero-order chi connectivity index (χ0) is 20.5. The molecule has 0 unspecified atom stereocenters. The van der Waals surface area contributed by atoms with E-state index < -0.39 is 0 Å². The maximum absolute atomic E-state index is 12.7. The summed E-state index contributed by atoms with van der Waals surface area (Å²) in [5.74, 6) is 0.923. The Morgan fingerprint density at radius 3 is 2.47 bits per heavy atom. The predicted molar refractivity (Wildman–Crippen MR) is 116 cm³/mol. The van der Waals surface area contributed by atoms with Crippen LogP contribution in [-0.4, -0.2) is 65.0 Å². The quantitative estimate of drug-likeness (QED) is 0.718. The monoisotopic (exact) mass is 404 g/mol. The first-order chi connectivity index (χ1) is 14.7. The Morgan fingerprint density at radius 2 is 1.70 bits per heavy atom. The molecule has 2 fully saturated rings. The third-order valence-electron chi connectivity index (χ3n) is 5.96. The van der Waals surface area contributed by atoms with E-state index >= 15 is 0 Å². The summed E-state index contributed by atoms with van der Waals surface area (Å²) in [6, 6.07) is 9.34. The van der Waals surface area contributed by atoms with Crippen molar-refractivity contribution in [2.24, 2.45) is 0 Å². The van der Waals surface area contributed by atoms with Gasteiger partial charge in [-0.1, -0.05) is 0 Å². The normalized spacial score (nSPS) is 17.0. The first-order valence-electron chi connectivity index (χ1n) is 10.4. The second-order valence-corrected chi connectivity index (χ2v) is 7.81. The van der Waals surface area contributed by atoms with Crippen LogP contribution in [-0.2, 0) is 0 Å². The summed E-state index contributed by atoms with van der Waals surface area (Å²) in [7, 11) is 0. The fraction of sp³-hybridized carbons (Fsp3) is 0.364. The zero-order valence-electron chi connectivity index (χ0n) is 16.8. The minimum Gasteiger partial charge on any atom is -0.368 e. The third-order valence-corrected chi connectivity index (χ3v) is 5.96. The Labute approximate surface area is 174 Å². The Bertz CT molecular complexity index is 1130. The van der Waals surface area contributed by atoms with Crippen LogP contribution in [0, 0.1) is 0 Å². The van der Waals surface area contributed by atoms with Crippen molar-refractivity contribution >= 4 is 28.3 Å². The number of pyridine rings is 1. The number of anilines is 2. The zero-order valence-corrected chi connectivity index (χ0v) is 16.8. The number of H-pyrrole nitrogens is 1. The largest absolute Gasteiger partial charge is 0.368 e. The van der Waals surface area contributed by atoms with Crippen LogP contribution in [0.25, 0.3) is 10.9 Å². The van der Waals surface area contributed by atoms with Crippen molar-refractivity contribution < 1.29 is 4.79 Å². The van der Waals surface area contributed by atoms with E-state index in [2.05, 4.69) is 43.0 Å². The number of fused-ring (bicyclic) bond motifs is 1. The molecule has 1 aromatic carbocycles. The lowest BCUT2D eigenvalue weighted by Crippen LogP contribution is -2.48. The van der Waals surface area contributed by atoms with Crippen LogP contribution in [0.1, 0.15) is 23.2 Å². The molecule has 1 amide bonds. The standard InChI is InChI=1S/C22H24N6O2/c29-20-13-16(5-6-23-20)22(30)28-11-9-26(10-12-28)17-3-4-19-18(14-17)21(25-15-24-19)27-7-1-2-8-27/h3-6,13-15H,1-2,7-12H2,(H,23,29). The van der Waals surface area contributed by atoms with Crippen LogP contribution in [0.2, 0.25) is 0 Å². The molecule has 8 nitrogen and oxygen atoms in total. The number of rotatable bonds is 3. The number of aromatic amines is 1. The number of carbonyl (C=O) groups excluding carboxylic acids is 1. The minimum absolute atomic E-state index is 0.0935. The topological polar surface area (TPSA) is 85.4 Å². The number of hydrogen-bond donors (Lipinski definition) is 1. The highest BCUT2D eigenvalue weighted by molar-refractivity contribution is 5.94. The van der Waals surface area contributed by atoms with E-state index in [1.807, 2.05) is 4.90 Å². The van der Waals surface area contributed by atoms with E-state index in [0.717, 1.165) is 48.6 Å². The van der Waals surface area contributed by atoms with E-state index in [9.17, 15) is 9.59 Å². The number of piperazine rings is 1. The molecule has 3 aromatic rings. The predicted octanol–water partition coefficient (Wildman–Crippen LogP) is 1.88. The minimum atomic E-state index is -0.258. The third kappa shape index (κ3) is 3.49. The molecule has 0 atom stereocenters. The number of nitrogens with one attached hydrogen (secondary N) is 1. The number of carbonyl (C=O) groups is 1. The summed E-state index contributed by atoms with van der Waals surface area (Å²) in [5, 5.41) is 1.08. The SMILES string of the molecule is O=C(c1cc[nH]c(=O)c1)N1CCN(c2ccc3ncnc(N4CCCC4)c3c2)CC1. The van der Waals surface area contributed by atoms with Gasteiger partial charge in [-0.05, 0) is 37.1 Å². The molecule has 4 heterocycles. The molecule has 8 heteroatoms. The van der Waals surface area contributed by atoms with Crippen LogP contribution >= 0.6 is 0 Å². The highest BCUT2D eigenvalue weighted by atomic mass is 16.2. The van der Waals surface area contributed by atoms with Crippen molar-refractivity contribution in [3.05, 3.63) is 58.8 Å². The van der Waals surface area contributed by atoms with Crippen molar-refractivity contribution in [2.45, 2.75) is 12.8 Å². The molecule has 0 aliphatic carbocycles. The molecule has 2 aliphatic rings. The Balaban J connectivity index is 1.34. The van der Waals surface area contributed by atoms with Gasteiger partial charge in [-0.2, -0.15) is 0 Å². The smallest absolute Gasteiger partial charge is 0.254 e. The van der Waals surface area contributed by atoms with Crippen molar-refractivity contribution in [1.29, 1.82) is 0 Å². The summed E-state index contributed by atoms with van der Waals surface area (Å²) in [6.07, 6.45) is 5.57. The Kier molecular flexibility index (Phi) is 4.82. The Morgan fingerprint density at radius 1 is 0.900 bits per heavy atom. The summed E-state index contributed by atoms with van der Waals surface area (Å²) >= 11 is 0. The molecule has 2 saturated heterocycles. The van der Waals surface area contributed by atoms with Gasteiger partial charge in [-0.25, -0.2) is 9.97 Å². The van der Waals surface area contributed by atoms with Gasteiger partial charge in [0.15, 0.2) is 0 Å². The maximum atomic E-state index is 12.7. The molecule has 1 N–H and O–H groups in total. The molecule has 154 valence electrons. The van der Waals surface area contributed by atoms with E-state index in [-0.39, 0.29) is 11.5 Å². The van der Waals surface area contributed by atoms with Crippen molar-refractivity contribution in [3.8, 4) is 0 Å². The lowest BCUT2D eigenvalue weighted by Gasteiger charge is -2.36. The molecule has 2 aliphatic heterocycles. The second kappa shape index (κ2) is 7.78. The molecule has 30 heavy (non-hydrogen) atoms. The van der Waals surface area contributed by atoms with E-state index in [4.69, 9.17) is 0 Å². The molecule has 0 saturated carbocycles. The lowest BCUT2D eigenvalue weighted by molar-refractivity contribution is 0.0746. The van der Waals surface area contributed by atoms with Gasteiger partial charge >= 0.3 is 0 Å². The van der Waals surface area contributed by atoms with E-state index in [0.29, 0.717) is 18.7 Å². The van der Waals surface area contributed by atoms with Crippen LogP contribution in [0.15, 0.2) is 47.7 Å². The number of nitrogens with zero attached hydrogens (tertiary/aromatic N) is 5. The van der Waals surface area contributed by atoms with Gasteiger partial charge in [0.2, 0.25) is 5.56 Å². The lowest BCUT2D eigenvalue weighted by atomic mass is 10.1. The van der Waals surface area contributed by atoms with Crippen LogP contribution < -0.4 is 15.4 Å². The van der Waals surface area contributed by atoms with E-state index in [1.54, 1.807) is 12.4 Å². The summed E-state index contributed by atoms with van der Waals surface area (Å²) in [6.45, 7) is 4.81. The molecule has 0 spiro atoms. The van der Waals surface area contributed by atoms with Gasteiger partial charge < -0.3 is 19.7 Å². The van der Waals surface area contributed by atoms with Gasteiger partial charge in [0.05, 0.1) is 5.52 Å². The average Bonchev–Trinajstić information content (AvgIpc) is 3.33. The first-order valence-corrected chi connectivity index (χ1v) is 10.4. The van der Waals surface area contributed by atoms with Crippen molar-refractivity contribution in [2.75, 3.05) is 49.1 Å². The van der Waals surface area contributed by atoms with Gasteiger partial charge in [-0.15, -0.1) is 0 Å². The molecular weight excluding hydrogens is 380 g/mol. The fourth-order valence-corrected chi connectivity index (χ4v) is 4.34. The van der Waals surface area contributed by atoms with Gasteiger partial charge in [0, 0.05) is 68.2 Å². The van der Waals surface area contributed by atoms with E-state index in [1.165, 1.54) is 25.1 Å². The van der Waals surface area contributed by atoms with Crippen LogP contribution in [0.5, 0.6) is 0 Å². The van der Waals surface area contributed by atoms with Gasteiger partial charge in [-0.3, -0.25) is 9.59 Å². The Hall–Kier alpha value is -3.42. The van der Waals surface area contributed by atoms with Crippen LogP contribution in [0.4, 0.5) is 11.5 Å². The molecule has 2 aromatic heterocycles. The fourth-order valence-electron chi connectivity index (χ4n) is 4.34. The van der Waals surface area contributed by atoms with Gasteiger partial charge in [0.1, 0.15) is 12.1 Å². The first kappa shape index (κ1) is 18.6. The molecule has 0 radical (unpaired) electrons. The molecule has 5 rings (SSSR count). The van der Waals surface area contributed by atoms with Gasteiger partial charge in [0.25, 0.3) is 5.91 Å². The number of amides is 1. The molecular formula is C22H24N6O2. The highest BCUT2D eigenvalue weighted by Gasteiger charge is 2.23. The summed E-state index contributed by atoms with van der Waals surface area (Å²) in [4.78, 5) is 42.2.